The largest absolute Gasteiger partial charge is 0.0530 e. The molecule has 0 nitrogen and oxygen atoms in total. The van der Waals surface area contributed by atoms with E-state index in [4.69, 9.17) is 0 Å². The molecule has 5 aliphatic rings. The summed E-state index contributed by atoms with van der Waals surface area (Å²) in [6, 6.07) is 0. The van der Waals surface area contributed by atoms with Gasteiger partial charge in [-0.05, 0) is 92.3 Å². The van der Waals surface area contributed by atoms with Crippen molar-refractivity contribution in [2.75, 3.05) is 0 Å². The van der Waals surface area contributed by atoms with Gasteiger partial charge in [-0.15, -0.1) is 0 Å². The predicted molar refractivity (Wildman–Crippen MR) is 83.3 cm³/mol. The molecule has 0 aliphatic heterocycles. The summed E-state index contributed by atoms with van der Waals surface area (Å²) in [7, 11) is 0. The van der Waals surface area contributed by atoms with Crippen molar-refractivity contribution in [3.63, 3.8) is 0 Å². The first-order valence-corrected chi connectivity index (χ1v) is 9.92. The standard InChI is InChI=1S/C20H32/c1-2-6-16-13(4-1)8-11-19-18(16)10-9-15-12-14-5-3-7-17(14)20(15)19/h13-20H,1-12H2. The summed E-state index contributed by atoms with van der Waals surface area (Å²) in [6.07, 6.45) is 19.3. The highest BCUT2D eigenvalue weighted by Crippen LogP contribution is 2.63. The van der Waals surface area contributed by atoms with Gasteiger partial charge in [-0.3, -0.25) is 0 Å². The number of hydrogen-bond donors (Lipinski definition) is 0. The second kappa shape index (κ2) is 4.75. The van der Waals surface area contributed by atoms with Gasteiger partial charge in [0.05, 0.1) is 0 Å². The normalized spacial score (nSPS) is 57.6. The molecule has 0 heterocycles. The summed E-state index contributed by atoms with van der Waals surface area (Å²) < 4.78 is 0. The molecule has 0 amide bonds. The van der Waals surface area contributed by atoms with Crippen LogP contribution in [0.3, 0.4) is 0 Å². The maximum Gasteiger partial charge on any atom is -0.0323 e. The Morgan fingerprint density at radius 1 is 0.400 bits per heavy atom. The van der Waals surface area contributed by atoms with Gasteiger partial charge in [0.25, 0.3) is 0 Å². The minimum atomic E-state index is 1.15. The van der Waals surface area contributed by atoms with E-state index < -0.39 is 0 Å². The highest BCUT2D eigenvalue weighted by atomic mass is 14.6. The van der Waals surface area contributed by atoms with E-state index in [9.17, 15) is 0 Å². The average molecular weight is 272 g/mol. The van der Waals surface area contributed by atoms with E-state index in [2.05, 4.69) is 0 Å². The Hall–Kier alpha value is 0. The van der Waals surface area contributed by atoms with Crippen molar-refractivity contribution in [1.82, 2.24) is 0 Å². The quantitative estimate of drug-likeness (QED) is 0.533. The molecule has 20 heavy (non-hydrogen) atoms. The second-order valence-electron chi connectivity index (χ2n) is 9.12. The molecule has 0 radical (unpaired) electrons. The van der Waals surface area contributed by atoms with Crippen molar-refractivity contribution in [1.29, 1.82) is 0 Å². The molecule has 0 heteroatoms. The fourth-order valence-corrected chi connectivity index (χ4v) is 8.15. The number of rotatable bonds is 0. The maximum atomic E-state index is 1.65. The van der Waals surface area contributed by atoms with Crippen molar-refractivity contribution in [2.24, 2.45) is 47.3 Å². The monoisotopic (exact) mass is 272 g/mol. The lowest BCUT2D eigenvalue weighted by atomic mass is 9.53. The molecule has 0 aromatic heterocycles. The van der Waals surface area contributed by atoms with Gasteiger partial charge in [0.15, 0.2) is 0 Å². The first-order chi connectivity index (χ1) is 9.92. The van der Waals surface area contributed by atoms with Crippen LogP contribution in [0.2, 0.25) is 0 Å². The highest BCUT2D eigenvalue weighted by molar-refractivity contribution is 5.04. The van der Waals surface area contributed by atoms with Crippen molar-refractivity contribution in [3.05, 3.63) is 0 Å². The lowest BCUT2D eigenvalue weighted by Gasteiger charge is -2.52. The van der Waals surface area contributed by atoms with Gasteiger partial charge in [-0.2, -0.15) is 0 Å². The fraction of sp³-hybridized carbons (Fsp3) is 1.00. The molecule has 5 rings (SSSR count). The summed E-state index contributed by atoms with van der Waals surface area (Å²) in [5.74, 6) is 9.42. The van der Waals surface area contributed by atoms with E-state index in [-0.39, 0.29) is 0 Å². The molecule has 5 saturated carbocycles. The molecule has 0 spiro atoms. The molecule has 8 unspecified atom stereocenters. The maximum absolute atomic E-state index is 1.65. The summed E-state index contributed by atoms with van der Waals surface area (Å²) in [5.41, 5.74) is 0. The van der Waals surface area contributed by atoms with E-state index in [1.165, 1.54) is 41.4 Å². The van der Waals surface area contributed by atoms with Crippen LogP contribution in [0.15, 0.2) is 0 Å². The van der Waals surface area contributed by atoms with Crippen LogP contribution in [0.1, 0.15) is 77.0 Å². The Labute approximate surface area is 125 Å². The minimum Gasteiger partial charge on any atom is -0.0530 e. The Kier molecular flexibility index (Phi) is 2.98. The first kappa shape index (κ1) is 12.5. The van der Waals surface area contributed by atoms with E-state index in [0.717, 1.165) is 5.92 Å². The molecular formula is C20H32. The van der Waals surface area contributed by atoms with Crippen LogP contribution < -0.4 is 0 Å². The smallest absolute Gasteiger partial charge is 0.0323 e. The molecule has 5 aliphatic carbocycles. The number of fused-ring (bicyclic) bond motifs is 7. The molecule has 0 N–H and O–H groups in total. The molecule has 112 valence electrons. The van der Waals surface area contributed by atoms with Crippen LogP contribution in [-0.4, -0.2) is 0 Å². The average Bonchev–Trinajstić information content (AvgIpc) is 3.06. The summed E-state index contributed by atoms with van der Waals surface area (Å²) in [4.78, 5) is 0. The van der Waals surface area contributed by atoms with Gasteiger partial charge in [0.1, 0.15) is 0 Å². The van der Waals surface area contributed by atoms with Crippen LogP contribution in [0, 0.1) is 47.3 Å². The van der Waals surface area contributed by atoms with Gasteiger partial charge in [0.2, 0.25) is 0 Å². The van der Waals surface area contributed by atoms with E-state index >= 15 is 0 Å². The van der Waals surface area contributed by atoms with Crippen molar-refractivity contribution >= 4 is 0 Å². The Morgan fingerprint density at radius 2 is 1.15 bits per heavy atom. The second-order valence-corrected chi connectivity index (χ2v) is 9.12. The topological polar surface area (TPSA) is 0 Å². The number of hydrogen-bond acceptors (Lipinski definition) is 0. The van der Waals surface area contributed by atoms with Crippen LogP contribution in [0.25, 0.3) is 0 Å². The summed E-state index contributed by atoms with van der Waals surface area (Å²) >= 11 is 0. The van der Waals surface area contributed by atoms with Gasteiger partial charge in [-0.25, -0.2) is 0 Å². The van der Waals surface area contributed by atoms with Crippen LogP contribution in [-0.2, 0) is 0 Å². The Morgan fingerprint density at radius 3 is 2.15 bits per heavy atom. The van der Waals surface area contributed by atoms with Crippen LogP contribution >= 0.6 is 0 Å². The lowest BCUT2D eigenvalue weighted by molar-refractivity contribution is -0.0315. The highest BCUT2D eigenvalue weighted by Gasteiger charge is 2.54. The van der Waals surface area contributed by atoms with Gasteiger partial charge in [0, 0.05) is 0 Å². The van der Waals surface area contributed by atoms with Gasteiger partial charge in [-0.1, -0.05) is 32.1 Å². The zero-order valence-corrected chi connectivity index (χ0v) is 13.1. The SMILES string of the molecule is C1CCC2C(C1)CCC1C2CCC2CC3CCCC3C21. The van der Waals surface area contributed by atoms with Gasteiger partial charge < -0.3 is 0 Å². The summed E-state index contributed by atoms with van der Waals surface area (Å²) in [5, 5.41) is 0. The Bertz CT molecular complexity index is 372. The molecule has 0 aromatic rings. The van der Waals surface area contributed by atoms with E-state index in [1.807, 2.05) is 0 Å². The van der Waals surface area contributed by atoms with Crippen molar-refractivity contribution < 1.29 is 0 Å². The van der Waals surface area contributed by atoms with E-state index in [1.54, 1.807) is 77.0 Å². The molecule has 8 atom stereocenters. The third kappa shape index (κ3) is 1.72. The summed E-state index contributed by atoms with van der Waals surface area (Å²) in [6.45, 7) is 0. The molecule has 5 fully saturated rings. The minimum absolute atomic E-state index is 1.15. The molecule has 0 bridgehead atoms. The molecule has 0 saturated heterocycles. The van der Waals surface area contributed by atoms with E-state index in [0.29, 0.717) is 0 Å². The lowest BCUT2D eigenvalue weighted by Crippen LogP contribution is -2.44. The third-order valence-electron chi connectivity index (χ3n) is 8.67. The predicted octanol–water partition coefficient (Wildman–Crippen LogP) is 5.67. The Balaban J connectivity index is 1.42. The van der Waals surface area contributed by atoms with Crippen LogP contribution in [0.4, 0.5) is 0 Å². The molecule has 0 aromatic carbocycles. The fourth-order valence-electron chi connectivity index (χ4n) is 8.15. The zero-order chi connectivity index (χ0) is 13.1. The van der Waals surface area contributed by atoms with Crippen molar-refractivity contribution in [3.8, 4) is 0 Å². The van der Waals surface area contributed by atoms with Crippen LogP contribution in [0.5, 0.6) is 0 Å². The first-order valence-electron chi connectivity index (χ1n) is 9.92. The molecular weight excluding hydrogens is 240 g/mol. The van der Waals surface area contributed by atoms with Crippen molar-refractivity contribution in [2.45, 2.75) is 77.0 Å². The zero-order valence-electron chi connectivity index (χ0n) is 13.1. The third-order valence-corrected chi connectivity index (χ3v) is 8.67. The van der Waals surface area contributed by atoms with Gasteiger partial charge >= 0.3 is 0 Å².